The molecule has 1 aliphatic rings. The van der Waals surface area contributed by atoms with Crippen LogP contribution in [0, 0.1) is 0 Å². The number of sulfonamides is 1. The summed E-state index contributed by atoms with van der Waals surface area (Å²) in [5.41, 5.74) is 1.70. The van der Waals surface area contributed by atoms with E-state index in [1.807, 2.05) is 26.8 Å². The molecule has 0 aliphatic carbocycles. The standard InChI is InChI=1S/C25H24ClN3O4S/c1-25(2,3)17-6-8-18(9-7-17)34(32,33)28-20-11-10-19(26)21-22(20)24(31)29(23(21)30)14-12-16-5-4-13-27-15-16/h4-11,13,15,28H,12,14H2,1-3H3. The van der Waals surface area contributed by atoms with Gasteiger partial charge in [-0.2, -0.15) is 0 Å². The average Bonchev–Trinajstić information content (AvgIpc) is 3.05. The van der Waals surface area contributed by atoms with Crippen LogP contribution in [0.15, 0.2) is 65.8 Å². The van der Waals surface area contributed by atoms with Gasteiger partial charge in [-0.3, -0.25) is 24.2 Å². The molecule has 1 aromatic heterocycles. The molecule has 0 fully saturated rings. The molecule has 0 saturated heterocycles. The van der Waals surface area contributed by atoms with Crippen LogP contribution in [0.4, 0.5) is 5.69 Å². The normalized spacial score (nSPS) is 13.8. The van der Waals surface area contributed by atoms with Crippen molar-refractivity contribution in [1.82, 2.24) is 9.88 Å². The van der Waals surface area contributed by atoms with Crippen molar-refractivity contribution in [2.45, 2.75) is 37.5 Å². The highest BCUT2D eigenvalue weighted by Gasteiger charge is 2.40. The quantitative estimate of drug-likeness (QED) is 0.499. The van der Waals surface area contributed by atoms with E-state index >= 15 is 0 Å². The van der Waals surface area contributed by atoms with Gasteiger partial charge in [0.25, 0.3) is 21.8 Å². The molecule has 7 nitrogen and oxygen atoms in total. The maximum atomic E-state index is 13.2. The molecule has 2 aromatic carbocycles. The van der Waals surface area contributed by atoms with Crippen molar-refractivity contribution in [2.75, 3.05) is 11.3 Å². The third-order valence-corrected chi connectivity index (χ3v) is 7.39. The van der Waals surface area contributed by atoms with E-state index < -0.39 is 21.8 Å². The van der Waals surface area contributed by atoms with Gasteiger partial charge in [0.15, 0.2) is 0 Å². The topological polar surface area (TPSA) is 96.4 Å². The van der Waals surface area contributed by atoms with Gasteiger partial charge in [-0.05, 0) is 53.3 Å². The lowest BCUT2D eigenvalue weighted by Gasteiger charge is -2.19. The summed E-state index contributed by atoms with van der Waals surface area (Å²) in [7, 11) is -4.01. The van der Waals surface area contributed by atoms with Gasteiger partial charge in [-0.25, -0.2) is 8.42 Å². The first kappa shape index (κ1) is 23.9. The van der Waals surface area contributed by atoms with Crippen molar-refractivity contribution in [3.05, 3.63) is 88.2 Å². The highest BCUT2D eigenvalue weighted by molar-refractivity contribution is 7.92. The number of aromatic nitrogens is 1. The summed E-state index contributed by atoms with van der Waals surface area (Å²) in [6, 6.07) is 13.0. The zero-order valence-electron chi connectivity index (χ0n) is 19.0. The van der Waals surface area contributed by atoms with Crippen molar-refractivity contribution in [3.63, 3.8) is 0 Å². The number of nitrogens with zero attached hydrogens (tertiary/aromatic N) is 2. The van der Waals surface area contributed by atoms with E-state index in [2.05, 4.69) is 9.71 Å². The number of fused-ring (bicyclic) bond motifs is 1. The van der Waals surface area contributed by atoms with Crippen molar-refractivity contribution in [3.8, 4) is 0 Å². The molecule has 0 radical (unpaired) electrons. The minimum absolute atomic E-state index is 0.00105. The number of imide groups is 1. The smallest absolute Gasteiger partial charge is 0.263 e. The third kappa shape index (κ3) is 4.56. The highest BCUT2D eigenvalue weighted by Crippen LogP contribution is 2.36. The van der Waals surface area contributed by atoms with Gasteiger partial charge in [-0.15, -0.1) is 0 Å². The Balaban J connectivity index is 1.63. The maximum Gasteiger partial charge on any atom is 0.263 e. The van der Waals surface area contributed by atoms with Crippen LogP contribution in [0.5, 0.6) is 0 Å². The van der Waals surface area contributed by atoms with Gasteiger partial charge in [0.05, 0.1) is 26.7 Å². The van der Waals surface area contributed by atoms with Gasteiger partial charge in [-0.1, -0.05) is 50.6 Å². The summed E-state index contributed by atoms with van der Waals surface area (Å²) in [5.74, 6) is -1.14. The molecule has 1 N–H and O–H groups in total. The van der Waals surface area contributed by atoms with E-state index in [9.17, 15) is 18.0 Å². The van der Waals surface area contributed by atoms with E-state index in [0.717, 1.165) is 16.0 Å². The van der Waals surface area contributed by atoms with Crippen LogP contribution in [0.1, 0.15) is 52.6 Å². The fourth-order valence-electron chi connectivity index (χ4n) is 3.78. The molecule has 3 aromatic rings. The number of nitrogens with one attached hydrogen (secondary N) is 1. The second-order valence-electron chi connectivity index (χ2n) is 9.10. The summed E-state index contributed by atoms with van der Waals surface area (Å²) in [4.78, 5) is 31.3. The van der Waals surface area contributed by atoms with Crippen molar-refractivity contribution < 1.29 is 18.0 Å². The number of carbonyl (C=O) groups excluding carboxylic acids is 2. The summed E-state index contributed by atoms with van der Waals surface area (Å²) >= 11 is 6.25. The fraction of sp³-hybridized carbons (Fsp3) is 0.240. The zero-order chi connectivity index (χ0) is 24.7. The lowest BCUT2D eigenvalue weighted by atomic mass is 9.87. The fourth-order valence-corrected chi connectivity index (χ4v) is 5.09. The molecule has 1 aliphatic heterocycles. The second kappa shape index (κ2) is 8.85. The van der Waals surface area contributed by atoms with Crippen molar-refractivity contribution in [2.24, 2.45) is 0 Å². The van der Waals surface area contributed by atoms with Gasteiger partial charge in [0, 0.05) is 18.9 Å². The lowest BCUT2D eigenvalue weighted by molar-refractivity contribution is 0.0656. The maximum absolute atomic E-state index is 13.2. The average molecular weight is 498 g/mol. The number of halogens is 1. The largest absolute Gasteiger partial charge is 0.279 e. The molecule has 0 atom stereocenters. The first-order chi connectivity index (χ1) is 16.0. The lowest BCUT2D eigenvalue weighted by Crippen LogP contribution is -2.32. The first-order valence-electron chi connectivity index (χ1n) is 10.7. The minimum Gasteiger partial charge on any atom is -0.279 e. The van der Waals surface area contributed by atoms with Gasteiger partial charge >= 0.3 is 0 Å². The molecule has 9 heteroatoms. The van der Waals surface area contributed by atoms with E-state index in [0.29, 0.717) is 6.42 Å². The van der Waals surface area contributed by atoms with Gasteiger partial charge < -0.3 is 0 Å². The predicted octanol–water partition coefficient (Wildman–Crippen LogP) is 4.67. The monoisotopic (exact) mass is 497 g/mol. The summed E-state index contributed by atoms with van der Waals surface area (Å²) in [6.45, 7) is 6.23. The number of pyridine rings is 1. The third-order valence-electron chi connectivity index (χ3n) is 5.69. The van der Waals surface area contributed by atoms with Crippen LogP contribution in [-0.4, -0.2) is 36.7 Å². The Labute approximate surface area is 203 Å². The van der Waals surface area contributed by atoms with E-state index in [1.165, 1.54) is 24.3 Å². The Bertz CT molecular complexity index is 1370. The van der Waals surface area contributed by atoms with Gasteiger partial charge in [0.1, 0.15) is 0 Å². The Morgan fingerprint density at radius 3 is 2.26 bits per heavy atom. The summed E-state index contributed by atoms with van der Waals surface area (Å²) < 4.78 is 28.6. The van der Waals surface area contributed by atoms with Crippen LogP contribution in [0.25, 0.3) is 0 Å². The molecule has 0 unspecified atom stereocenters. The van der Waals surface area contributed by atoms with Gasteiger partial charge in [0.2, 0.25) is 0 Å². The van der Waals surface area contributed by atoms with Crippen molar-refractivity contribution >= 4 is 39.1 Å². The Morgan fingerprint density at radius 2 is 1.65 bits per heavy atom. The molecule has 4 rings (SSSR count). The number of benzene rings is 2. The number of hydrogen-bond acceptors (Lipinski definition) is 5. The number of carbonyl (C=O) groups is 2. The highest BCUT2D eigenvalue weighted by atomic mass is 35.5. The zero-order valence-corrected chi connectivity index (χ0v) is 20.6. The minimum atomic E-state index is -4.01. The molecule has 2 amide bonds. The molecule has 34 heavy (non-hydrogen) atoms. The summed E-state index contributed by atoms with van der Waals surface area (Å²) in [6.07, 6.45) is 3.72. The molecule has 2 heterocycles. The van der Waals surface area contributed by atoms with E-state index in [4.69, 9.17) is 11.6 Å². The molecular weight excluding hydrogens is 474 g/mol. The van der Waals surface area contributed by atoms with Crippen LogP contribution < -0.4 is 4.72 Å². The molecule has 0 bridgehead atoms. The van der Waals surface area contributed by atoms with Crippen LogP contribution in [-0.2, 0) is 21.9 Å². The SMILES string of the molecule is CC(C)(C)c1ccc(S(=O)(=O)Nc2ccc(Cl)c3c2C(=O)N(CCc2cccnc2)C3=O)cc1. The molecular formula is C25H24ClN3O4S. The Hall–Kier alpha value is -3.23. The molecule has 0 spiro atoms. The number of rotatable bonds is 6. The van der Waals surface area contributed by atoms with E-state index in [-0.39, 0.29) is 38.7 Å². The second-order valence-corrected chi connectivity index (χ2v) is 11.2. The Kier molecular flexibility index (Phi) is 6.22. The Morgan fingerprint density at radius 1 is 0.971 bits per heavy atom. The van der Waals surface area contributed by atoms with Crippen LogP contribution in [0.3, 0.4) is 0 Å². The van der Waals surface area contributed by atoms with E-state index in [1.54, 1.807) is 30.6 Å². The molecule has 176 valence electrons. The summed E-state index contributed by atoms with van der Waals surface area (Å²) in [5, 5.41) is 0.0923. The van der Waals surface area contributed by atoms with Crippen LogP contribution in [0.2, 0.25) is 5.02 Å². The number of anilines is 1. The first-order valence-corrected chi connectivity index (χ1v) is 12.6. The molecule has 0 saturated carbocycles. The predicted molar refractivity (Wildman–Crippen MR) is 131 cm³/mol. The number of hydrogen-bond donors (Lipinski definition) is 1. The number of amides is 2. The van der Waals surface area contributed by atoms with Crippen molar-refractivity contribution in [1.29, 1.82) is 0 Å². The van der Waals surface area contributed by atoms with Crippen LogP contribution >= 0.6 is 11.6 Å².